The Morgan fingerprint density at radius 3 is 2.88 bits per heavy atom. The Kier molecular flexibility index (Phi) is 4.46. The molecule has 1 atom stereocenters. The maximum atomic E-state index is 12.7. The van der Waals surface area contributed by atoms with Crippen molar-refractivity contribution in [2.24, 2.45) is 5.92 Å². The third-order valence-corrected chi connectivity index (χ3v) is 6.41. The highest BCUT2D eigenvalue weighted by Crippen LogP contribution is 2.44. The maximum Gasteiger partial charge on any atom is 0.307 e. The summed E-state index contributed by atoms with van der Waals surface area (Å²) < 4.78 is 6.78. The van der Waals surface area contributed by atoms with Gasteiger partial charge >= 0.3 is 5.97 Å². The molecule has 1 aliphatic heterocycles. The number of ether oxygens (including phenoxy) is 1. The Labute approximate surface area is 150 Å². The van der Waals surface area contributed by atoms with E-state index < -0.39 is 5.60 Å². The van der Waals surface area contributed by atoms with E-state index in [4.69, 9.17) is 4.74 Å². The molecule has 132 valence electrons. The maximum absolute atomic E-state index is 12.7. The molecule has 1 aromatic carbocycles. The summed E-state index contributed by atoms with van der Waals surface area (Å²) in [6, 6.07) is 8.05. The number of fused-ring (bicyclic) bond motifs is 1. The average Bonchev–Trinajstić information content (AvgIpc) is 3.16. The van der Waals surface area contributed by atoms with Crippen LogP contribution < -0.4 is 5.32 Å². The van der Waals surface area contributed by atoms with Crippen LogP contribution in [0.5, 0.6) is 0 Å². The van der Waals surface area contributed by atoms with Crippen molar-refractivity contribution in [2.75, 3.05) is 6.54 Å². The van der Waals surface area contributed by atoms with Gasteiger partial charge in [0.15, 0.2) is 0 Å². The first kappa shape index (κ1) is 16.5. The van der Waals surface area contributed by atoms with Crippen molar-refractivity contribution in [3.8, 4) is 0 Å². The molecule has 1 aliphatic carbocycles. The van der Waals surface area contributed by atoms with E-state index in [0.29, 0.717) is 13.0 Å². The summed E-state index contributed by atoms with van der Waals surface area (Å²) in [5.74, 6) is -0.613. The highest BCUT2D eigenvalue weighted by atomic mass is 32.1. The van der Waals surface area contributed by atoms with Crippen LogP contribution in [0.3, 0.4) is 0 Å². The summed E-state index contributed by atoms with van der Waals surface area (Å²) >= 11 is 1.66. The summed E-state index contributed by atoms with van der Waals surface area (Å²) in [6.07, 6.45) is 5.77. The highest BCUT2D eigenvalue weighted by molar-refractivity contribution is 7.18. The minimum Gasteiger partial charge on any atom is -0.458 e. The van der Waals surface area contributed by atoms with E-state index in [-0.39, 0.29) is 24.2 Å². The Morgan fingerprint density at radius 2 is 2.08 bits per heavy atom. The summed E-state index contributed by atoms with van der Waals surface area (Å²) in [5.41, 5.74) is 0.458. The molecule has 1 saturated carbocycles. The minimum absolute atomic E-state index is 0.0474. The van der Waals surface area contributed by atoms with Crippen molar-refractivity contribution >= 4 is 33.4 Å². The Balaban J connectivity index is 1.37. The Bertz CT molecular complexity index is 762. The monoisotopic (exact) mass is 358 g/mol. The fourth-order valence-electron chi connectivity index (χ4n) is 4.07. The molecule has 2 heterocycles. The Morgan fingerprint density at radius 1 is 1.28 bits per heavy atom. The number of carbonyl (C=O) groups is 2. The molecule has 2 aliphatic rings. The van der Waals surface area contributed by atoms with Crippen LogP contribution in [0.4, 0.5) is 0 Å². The number of thiazole rings is 1. The van der Waals surface area contributed by atoms with Crippen molar-refractivity contribution in [1.82, 2.24) is 10.3 Å². The van der Waals surface area contributed by atoms with Gasteiger partial charge in [-0.3, -0.25) is 9.59 Å². The van der Waals surface area contributed by atoms with Crippen LogP contribution in [0.15, 0.2) is 24.3 Å². The van der Waals surface area contributed by atoms with Gasteiger partial charge in [-0.15, -0.1) is 11.3 Å². The number of carbonyl (C=O) groups excluding carboxylic acids is 2. The highest BCUT2D eigenvalue weighted by Gasteiger charge is 2.52. The zero-order valence-electron chi connectivity index (χ0n) is 14.1. The predicted octanol–water partition coefficient (Wildman–Crippen LogP) is 3.22. The lowest BCUT2D eigenvalue weighted by molar-refractivity contribution is -0.153. The first-order chi connectivity index (χ1) is 12.2. The molecule has 1 spiro atoms. The van der Waals surface area contributed by atoms with Crippen molar-refractivity contribution < 1.29 is 14.3 Å². The second-order valence-corrected chi connectivity index (χ2v) is 8.09. The van der Waals surface area contributed by atoms with Gasteiger partial charge in [-0.2, -0.15) is 0 Å². The molecule has 0 unspecified atom stereocenters. The number of hydrogen-bond acceptors (Lipinski definition) is 5. The summed E-state index contributed by atoms with van der Waals surface area (Å²) in [7, 11) is 0. The summed E-state index contributed by atoms with van der Waals surface area (Å²) in [6.45, 7) is 0.541. The van der Waals surface area contributed by atoms with Crippen LogP contribution >= 0.6 is 11.3 Å². The van der Waals surface area contributed by atoms with E-state index in [2.05, 4.69) is 16.4 Å². The smallest absolute Gasteiger partial charge is 0.307 e. The van der Waals surface area contributed by atoms with Crippen LogP contribution in [0.1, 0.15) is 43.5 Å². The van der Waals surface area contributed by atoms with Gasteiger partial charge in [0.1, 0.15) is 5.60 Å². The van der Waals surface area contributed by atoms with Crippen molar-refractivity contribution in [1.29, 1.82) is 0 Å². The van der Waals surface area contributed by atoms with Crippen molar-refractivity contribution in [2.45, 2.75) is 50.5 Å². The largest absolute Gasteiger partial charge is 0.458 e. The van der Waals surface area contributed by atoms with Gasteiger partial charge < -0.3 is 10.1 Å². The third kappa shape index (κ3) is 3.27. The predicted molar refractivity (Wildman–Crippen MR) is 96.3 cm³/mol. The quantitative estimate of drug-likeness (QED) is 0.852. The normalized spacial score (nSPS) is 22.2. The SMILES string of the molecule is O=C1C[C@@H](C(=O)NCCc2nc3ccccc3s2)C2(CCCCC2)O1. The first-order valence-corrected chi connectivity index (χ1v) is 9.82. The van der Waals surface area contributed by atoms with Gasteiger partial charge in [0.25, 0.3) is 0 Å². The fraction of sp³-hybridized carbons (Fsp3) is 0.526. The standard InChI is InChI=1S/C19H22N2O3S/c22-17-12-13(19(24-17)9-4-1-5-10-19)18(23)20-11-8-16-21-14-6-2-3-7-15(14)25-16/h2-3,6-7,13H,1,4-5,8-12H2,(H,20,23)/t13-/m0/s1. The molecule has 2 fully saturated rings. The van der Waals surface area contributed by atoms with Gasteiger partial charge in [-0.05, 0) is 37.8 Å². The number of para-hydroxylation sites is 1. The molecule has 1 N–H and O–H groups in total. The molecular formula is C19H22N2O3S. The van der Waals surface area contributed by atoms with Crippen molar-refractivity contribution in [3.05, 3.63) is 29.3 Å². The zero-order chi connectivity index (χ0) is 17.3. The van der Waals surface area contributed by atoms with Crippen LogP contribution in [-0.2, 0) is 20.7 Å². The molecule has 25 heavy (non-hydrogen) atoms. The molecule has 0 radical (unpaired) electrons. The number of nitrogens with one attached hydrogen (secondary N) is 1. The molecule has 6 heteroatoms. The zero-order valence-corrected chi connectivity index (χ0v) is 14.9. The minimum atomic E-state index is -0.546. The fourth-order valence-corrected chi connectivity index (χ4v) is 5.03. The van der Waals surface area contributed by atoms with Gasteiger partial charge in [0.05, 0.1) is 27.6 Å². The number of amides is 1. The number of aromatic nitrogens is 1. The number of benzene rings is 1. The van der Waals surface area contributed by atoms with Crippen LogP contribution in [0.2, 0.25) is 0 Å². The second-order valence-electron chi connectivity index (χ2n) is 6.97. The van der Waals surface area contributed by atoms with E-state index in [0.717, 1.165) is 42.6 Å². The van der Waals surface area contributed by atoms with Crippen LogP contribution in [0.25, 0.3) is 10.2 Å². The van der Waals surface area contributed by atoms with Crippen molar-refractivity contribution in [3.63, 3.8) is 0 Å². The number of rotatable bonds is 4. The first-order valence-electron chi connectivity index (χ1n) is 9.00. The number of esters is 1. The van der Waals surface area contributed by atoms with Gasteiger partial charge in [-0.1, -0.05) is 18.6 Å². The molecule has 4 rings (SSSR count). The lowest BCUT2D eigenvalue weighted by Crippen LogP contribution is -2.46. The van der Waals surface area contributed by atoms with E-state index in [1.165, 1.54) is 4.70 Å². The number of hydrogen-bond donors (Lipinski definition) is 1. The molecule has 1 saturated heterocycles. The van der Waals surface area contributed by atoms with Gasteiger partial charge in [0.2, 0.25) is 5.91 Å². The third-order valence-electron chi connectivity index (χ3n) is 5.32. The molecule has 2 aromatic rings. The molecule has 0 bridgehead atoms. The lowest BCUT2D eigenvalue weighted by atomic mass is 9.75. The molecule has 1 amide bonds. The van der Waals surface area contributed by atoms with Gasteiger partial charge in [-0.25, -0.2) is 4.98 Å². The molecular weight excluding hydrogens is 336 g/mol. The number of nitrogens with zero attached hydrogens (tertiary/aromatic N) is 1. The molecule has 5 nitrogen and oxygen atoms in total. The Hall–Kier alpha value is -1.95. The van der Waals surface area contributed by atoms with E-state index in [1.807, 2.05) is 18.2 Å². The van der Waals surface area contributed by atoms with E-state index in [1.54, 1.807) is 11.3 Å². The second kappa shape index (κ2) is 6.75. The van der Waals surface area contributed by atoms with E-state index in [9.17, 15) is 9.59 Å². The average molecular weight is 358 g/mol. The lowest BCUT2D eigenvalue weighted by Gasteiger charge is -2.36. The van der Waals surface area contributed by atoms with Crippen LogP contribution in [0, 0.1) is 5.92 Å². The van der Waals surface area contributed by atoms with E-state index >= 15 is 0 Å². The summed E-state index contributed by atoms with van der Waals surface area (Å²) in [4.78, 5) is 29.1. The topological polar surface area (TPSA) is 68.3 Å². The van der Waals surface area contributed by atoms with Gasteiger partial charge in [0, 0.05) is 13.0 Å². The molecule has 1 aromatic heterocycles. The van der Waals surface area contributed by atoms with Crippen LogP contribution in [-0.4, -0.2) is 29.0 Å². The summed E-state index contributed by atoms with van der Waals surface area (Å²) in [5, 5.41) is 4.03.